The summed E-state index contributed by atoms with van der Waals surface area (Å²) in [5.74, 6) is 0.842. The normalized spacial score (nSPS) is 10.1. The molecule has 4 nitrogen and oxygen atoms in total. The van der Waals surface area contributed by atoms with Gasteiger partial charge in [-0.25, -0.2) is 4.79 Å². The maximum absolute atomic E-state index is 12.1. The van der Waals surface area contributed by atoms with E-state index in [1.807, 2.05) is 24.3 Å². The van der Waals surface area contributed by atoms with E-state index in [2.05, 4.69) is 5.32 Å². The van der Waals surface area contributed by atoms with Crippen LogP contribution < -0.4 is 10.1 Å². The Bertz CT molecular complexity index is 629. The van der Waals surface area contributed by atoms with Gasteiger partial charge < -0.3 is 15.0 Å². The van der Waals surface area contributed by atoms with Crippen LogP contribution in [-0.2, 0) is 6.42 Å². The highest BCUT2D eigenvalue weighted by Gasteiger charge is 2.10. The van der Waals surface area contributed by atoms with Crippen LogP contribution in [0.4, 0.5) is 10.5 Å². The molecule has 5 heteroatoms. The predicted octanol–water partition coefficient (Wildman–Crippen LogP) is 4.06. The molecule has 0 saturated heterocycles. The van der Waals surface area contributed by atoms with Crippen molar-refractivity contribution in [2.45, 2.75) is 6.42 Å². The number of methoxy groups -OCH3 is 1. The first-order valence-corrected chi connectivity index (χ1v) is 7.37. The van der Waals surface area contributed by atoms with Crippen molar-refractivity contribution in [3.8, 4) is 5.75 Å². The van der Waals surface area contributed by atoms with Gasteiger partial charge in [-0.05, 0) is 42.3 Å². The van der Waals surface area contributed by atoms with Crippen LogP contribution in [0, 0.1) is 0 Å². The number of likely N-dealkylation sites (N-methyl/N-ethyl adjacent to an activating group) is 1. The number of carbonyl (C=O) groups excluding carboxylic acids is 1. The van der Waals surface area contributed by atoms with E-state index in [0.29, 0.717) is 11.6 Å². The molecule has 0 aliphatic rings. The second kappa shape index (κ2) is 7.71. The second-order valence-corrected chi connectivity index (χ2v) is 5.36. The Morgan fingerprint density at radius 3 is 2.55 bits per heavy atom. The number of hydrogen-bond acceptors (Lipinski definition) is 2. The largest absolute Gasteiger partial charge is 0.496 e. The Kier molecular flexibility index (Phi) is 5.67. The van der Waals surface area contributed by atoms with Gasteiger partial charge in [0.15, 0.2) is 0 Å². The molecule has 2 aromatic rings. The molecule has 0 radical (unpaired) electrons. The number of nitrogens with zero attached hydrogens (tertiary/aromatic N) is 1. The molecule has 0 fully saturated rings. The fraction of sp³-hybridized carbons (Fsp3) is 0.235. The second-order valence-electron chi connectivity index (χ2n) is 4.92. The molecule has 0 bridgehead atoms. The Morgan fingerprint density at radius 1 is 1.18 bits per heavy atom. The minimum Gasteiger partial charge on any atom is -0.496 e. The fourth-order valence-corrected chi connectivity index (χ4v) is 2.18. The van der Waals surface area contributed by atoms with Crippen molar-refractivity contribution in [3.05, 3.63) is 59.1 Å². The number of hydrogen-bond donors (Lipinski definition) is 1. The van der Waals surface area contributed by atoms with Gasteiger partial charge in [-0.3, -0.25) is 0 Å². The first-order chi connectivity index (χ1) is 10.6. The molecule has 2 aromatic carbocycles. The zero-order valence-corrected chi connectivity index (χ0v) is 13.4. The summed E-state index contributed by atoms with van der Waals surface area (Å²) < 4.78 is 5.31. The van der Waals surface area contributed by atoms with E-state index in [-0.39, 0.29) is 6.03 Å². The smallest absolute Gasteiger partial charge is 0.321 e. The predicted molar refractivity (Wildman–Crippen MR) is 89.8 cm³/mol. The quantitative estimate of drug-likeness (QED) is 0.903. The topological polar surface area (TPSA) is 41.6 Å². The zero-order chi connectivity index (χ0) is 15.9. The number of halogens is 1. The molecule has 1 N–H and O–H groups in total. The van der Waals surface area contributed by atoms with Crippen molar-refractivity contribution in [2.24, 2.45) is 0 Å². The number of benzene rings is 2. The third-order valence-electron chi connectivity index (χ3n) is 3.35. The summed E-state index contributed by atoms with van der Waals surface area (Å²) in [7, 11) is 3.41. The SMILES string of the molecule is COc1ccccc1CCN(C)C(=O)Nc1ccc(Cl)cc1. The van der Waals surface area contributed by atoms with Crippen LogP contribution in [0.3, 0.4) is 0 Å². The van der Waals surface area contributed by atoms with Crippen LogP contribution >= 0.6 is 11.6 Å². The van der Waals surface area contributed by atoms with Crippen LogP contribution in [-0.4, -0.2) is 31.6 Å². The van der Waals surface area contributed by atoms with E-state index in [1.54, 1.807) is 43.3 Å². The number of rotatable bonds is 5. The third-order valence-corrected chi connectivity index (χ3v) is 3.60. The maximum Gasteiger partial charge on any atom is 0.321 e. The summed E-state index contributed by atoms with van der Waals surface area (Å²) >= 11 is 5.82. The van der Waals surface area contributed by atoms with Crippen LogP contribution in [0.1, 0.15) is 5.56 Å². The summed E-state index contributed by atoms with van der Waals surface area (Å²) in [6, 6.07) is 14.7. The minimum absolute atomic E-state index is 0.155. The van der Waals surface area contributed by atoms with Gasteiger partial charge in [0.2, 0.25) is 0 Å². The monoisotopic (exact) mass is 318 g/mol. The van der Waals surface area contributed by atoms with Gasteiger partial charge in [-0.1, -0.05) is 29.8 Å². The van der Waals surface area contributed by atoms with Crippen molar-refractivity contribution in [1.29, 1.82) is 0 Å². The highest BCUT2D eigenvalue weighted by molar-refractivity contribution is 6.30. The lowest BCUT2D eigenvalue weighted by Crippen LogP contribution is -2.33. The lowest BCUT2D eigenvalue weighted by atomic mass is 10.1. The molecule has 2 amide bonds. The molecule has 22 heavy (non-hydrogen) atoms. The van der Waals surface area contributed by atoms with Crippen LogP contribution in [0.5, 0.6) is 5.75 Å². The Balaban J connectivity index is 1.90. The number of anilines is 1. The van der Waals surface area contributed by atoms with E-state index >= 15 is 0 Å². The number of nitrogens with one attached hydrogen (secondary N) is 1. The number of carbonyl (C=O) groups is 1. The van der Waals surface area contributed by atoms with Gasteiger partial charge in [0, 0.05) is 24.3 Å². The number of para-hydroxylation sites is 1. The van der Waals surface area contributed by atoms with Crippen molar-refractivity contribution < 1.29 is 9.53 Å². The molecule has 0 unspecified atom stereocenters. The zero-order valence-electron chi connectivity index (χ0n) is 12.7. The van der Waals surface area contributed by atoms with Gasteiger partial charge >= 0.3 is 6.03 Å². The summed E-state index contributed by atoms with van der Waals surface area (Å²) in [5, 5.41) is 3.47. The van der Waals surface area contributed by atoms with Gasteiger partial charge in [0.25, 0.3) is 0 Å². The molecule has 0 atom stereocenters. The van der Waals surface area contributed by atoms with Crippen molar-refractivity contribution in [2.75, 3.05) is 26.0 Å². The van der Waals surface area contributed by atoms with Gasteiger partial charge in [-0.15, -0.1) is 0 Å². The third kappa shape index (κ3) is 4.40. The molecule has 116 valence electrons. The van der Waals surface area contributed by atoms with E-state index < -0.39 is 0 Å². The van der Waals surface area contributed by atoms with Crippen molar-refractivity contribution >= 4 is 23.3 Å². The summed E-state index contributed by atoms with van der Waals surface area (Å²) in [6.07, 6.45) is 0.731. The highest BCUT2D eigenvalue weighted by Crippen LogP contribution is 2.18. The Hall–Kier alpha value is -2.20. The molecule has 0 aliphatic carbocycles. The van der Waals surface area contributed by atoms with Crippen LogP contribution in [0.15, 0.2) is 48.5 Å². The fourth-order valence-electron chi connectivity index (χ4n) is 2.05. The molecule has 0 aliphatic heterocycles. The average molecular weight is 319 g/mol. The first-order valence-electron chi connectivity index (χ1n) is 6.99. The highest BCUT2D eigenvalue weighted by atomic mass is 35.5. The molecule has 0 saturated carbocycles. The van der Waals surface area contributed by atoms with Gasteiger partial charge in [-0.2, -0.15) is 0 Å². The lowest BCUT2D eigenvalue weighted by molar-refractivity contribution is 0.223. The van der Waals surface area contributed by atoms with Crippen molar-refractivity contribution in [3.63, 3.8) is 0 Å². The number of amides is 2. The van der Waals surface area contributed by atoms with E-state index in [0.717, 1.165) is 23.4 Å². The average Bonchev–Trinajstić information content (AvgIpc) is 2.54. The summed E-state index contributed by atoms with van der Waals surface area (Å²) in [5.41, 5.74) is 1.80. The van der Waals surface area contributed by atoms with Crippen LogP contribution in [0.2, 0.25) is 5.02 Å². The molecule has 0 heterocycles. The Labute approximate surface area is 135 Å². The van der Waals surface area contributed by atoms with E-state index in [9.17, 15) is 4.79 Å². The van der Waals surface area contributed by atoms with Gasteiger partial charge in [0.05, 0.1) is 7.11 Å². The molecular formula is C17H19ClN2O2. The van der Waals surface area contributed by atoms with Gasteiger partial charge in [0.1, 0.15) is 5.75 Å². The molecule has 0 aromatic heterocycles. The van der Waals surface area contributed by atoms with E-state index in [1.165, 1.54) is 0 Å². The minimum atomic E-state index is -0.155. The molecule has 0 spiro atoms. The van der Waals surface area contributed by atoms with E-state index in [4.69, 9.17) is 16.3 Å². The Morgan fingerprint density at radius 2 is 1.86 bits per heavy atom. The van der Waals surface area contributed by atoms with Crippen molar-refractivity contribution in [1.82, 2.24) is 4.90 Å². The standard InChI is InChI=1S/C17H19ClN2O2/c1-20(12-11-13-5-3-4-6-16(13)22-2)17(21)19-15-9-7-14(18)8-10-15/h3-10H,11-12H2,1-2H3,(H,19,21). The summed E-state index contributed by atoms with van der Waals surface area (Å²) in [6.45, 7) is 0.597. The van der Waals surface area contributed by atoms with Crippen LogP contribution in [0.25, 0.3) is 0 Å². The first kappa shape index (κ1) is 16.2. The summed E-state index contributed by atoms with van der Waals surface area (Å²) in [4.78, 5) is 13.8. The lowest BCUT2D eigenvalue weighted by Gasteiger charge is -2.18. The number of ether oxygens (including phenoxy) is 1. The molecule has 2 rings (SSSR count). The molecular weight excluding hydrogens is 300 g/mol. The maximum atomic E-state index is 12.1. The number of urea groups is 1.